The van der Waals surface area contributed by atoms with Gasteiger partial charge in [0.15, 0.2) is 0 Å². The van der Waals surface area contributed by atoms with Gasteiger partial charge in [-0.1, -0.05) is 71.8 Å². The molecule has 1 heterocycles. The standard InChI is InChI=1S/C24H23ClN2O3S/c1-16-8-14-20(15-9-16)31(29)27-22(17-10-12-19(25)13-11-17)21(24(28)30-2)26-23(27)18-6-4-3-5-7-18/h3-15,21-23,26H,1-2H3/t21-,22+,23-,31?/m0/s1. The smallest absolute Gasteiger partial charge is 0.324 e. The lowest BCUT2D eigenvalue weighted by molar-refractivity contribution is -0.143. The summed E-state index contributed by atoms with van der Waals surface area (Å²) in [6, 6.07) is 23.3. The van der Waals surface area contributed by atoms with Gasteiger partial charge in [0.2, 0.25) is 0 Å². The third kappa shape index (κ3) is 4.43. The molecule has 0 amide bonds. The second-order valence-electron chi connectivity index (χ2n) is 7.40. The van der Waals surface area contributed by atoms with Crippen LogP contribution >= 0.6 is 11.6 Å². The Morgan fingerprint density at radius 3 is 2.23 bits per heavy atom. The minimum atomic E-state index is -1.54. The minimum absolute atomic E-state index is 0.413. The number of nitrogens with one attached hydrogen (secondary N) is 1. The van der Waals surface area contributed by atoms with Gasteiger partial charge in [-0.15, -0.1) is 0 Å². The largest absolute Gasteiger partial charge is 0.468 e. The van der Waals surface area contributed by atoms with Crippen LogP contribution in [0.25, 0.3) is 0 Å². The molecule has 0 saturated carbocycles. The molecule has 1 aliphatic heterocycles. The predicted octanol–water partition coefficient (Wildman–Crippen LogP) is 4.56. The number of methoxy groups -OCH3 is 1. The Bertz CT molecular complexity index is 1070. The number of ether oxygens (including phenoxy) is 1. The van der Waals surface area contributed by atoms with Gasteiger partial charge in [0.25, 0.3) is 0 Å². The number of hydrogen-bond donors (Lipinski definition) is 1. The lowest BCUT2D eigenvalue weighted by atomic mass is 10.0. The molecule has 4 rings (SSSR count). The molecule has 5 nitrogen and oxygen atoms in total. The molecule has 0 aliphatic carbocycles. The van der Waals surface area contributed by atoms with Gasteiger partial charge in [-0.2, -0.15) is 4.31 Å². The van der Waals surface area contributed by atoms with Gasteiger partial charge in [0, 0.05) is 5.02 Å². The van der Waals surface area contributed by atoms with Crippen LogP contribution in [0.4, 0.5) is 0 Å². The molecule has 1 N–H and O–H groups in total. The topological polar surface area (TPSA) is 58.6 Å². The van der Waals surface area contributed by atoms with Crippen LogP contribution in [0, 0.1) is 6.92 Å². The van der Waals surface area contributed by atoms with E-state index in [9.17, 15) is 9.00 Å². The van der Waals surface area contributed by atoms with Gasteiger partial charge in [0.1, 0.15) is 17.0 Å². The Hall–Kier alpha value is -2.51. The molecule has 1 saturated heterocycles. The molecule has 160 valence electrons. The van der Waals surface area contributed by atoms with Crippen LogP contribution < -0.4 is 5.32 Å². The van der Waals surface area contributed by atoms with E-state index in [4.69, 9.17) is 16.3 Å². The highest BCUT2D eigenvalue weighted by Gasteiger charge is 2.49. The van der Waals surface area contributed by atoms with E-state index in [-0.39, 0.29) is 0 Å². The molecule has 1 fully saturated rings. The first-order chi connectivity index (χ1) is 15.0. The molecule has 1 aliphatic rings. The van der Waals surface area contributed by atoms with Gasteiger partial charge in [-0.3, -0.25) is 10.1 Å². The van der Waals surface area contributed by atoms with Crippen LogP contribution in [0.2, 0.25) is 5.02 Å². The van der Waals surface area contributed by atoms with Gasteiger partial charge in [0.05, 0.1) is 24.2 Å². The Morgan fingerprint density at radius 1 is 0.968 bits per heavy atom. The van der Waals surface area contributed by atoms with E-state index in [0.717, 1.165) is 16.7 Å². The van der Waals surface area contributed by atoms with Crippen molar-refractivity contribution in [2.75, 3.05) is 7.11 Å². The van der Waals surface area contributed by atoms with E-state index in [0.29, 0.717) is 9.92 Å². The van der Waals surface area contributed by atoms with Crippen molar-refractivity contribution < 1.29 is 13.7 Å². The lowest BCUT2D eigenvalue weighted by Gasteiger charge is -2.29. The fraction of sp³-hybridized carbons (Fsp3) is 0.208. The van der Waals surface area contributed by atoms with Crippen molar-refractivity contribution >= 4 is 28.6 Å². The molecule has 0 bridgehead atoms. The normalized spacial score (nSPS) is 22.2. The molecular formula is C24H23ClN2O3S. The Morgan fingerprint density at radius 2 is 1.61 bits per heavy atom. The second-order valence-corrected chi connectivity index (χ2v) is 9.23. The summed E-state index contributed by atoms with van der Waals surface area (Å²) < 4.78 is 20.8. The zero-order valence-electron chi connectivity index (χ0n) is 17.2. The maximum atomic E-state index is 13.9. The van der Waals surface area contributed by atoms with Crippen LogP contribution in [0.1, 0.15) is 28.9 Å². The zero-order valence-corrected chi connectivity index (χ0v) is 18.8. The van der Waals surface area contributed by atoms with Crippen molar-refractivity contribution in [3.05, 3.63) is 101 Å². The van der Waals surface area contributed by atoms with E-state index in [1.807, 2.05) is 78.0 Å². The van der Waals surface area contributed by atoms with E-state index in [1.54, 1.807) is 12.1 Å². The third-order valence-corrected chi connectivity index (χ3v) is 7.13. The van der Waals surface area contributed by atoms with Crippen molar-refractivity contribution in [2.45, 2.75) is 30.1 Å². The molecule has 0 spiro atoms. The summed E-state index contributed by atoms with van der Waals surface area (Å²) in [6.07, 6.45) is -0.451. The highest BCUT2D eigenvalue weighted by Crippen LogP contribution is 2.41. The fourth-order valence-corrected chi connectivity index (χ4v) is 5.38. The average molecular weight is 455 g/mol. The van der Waals surface area contributed by atoms with Crippen molar-refractivity contribution in [2.24, 2.45) is 0 Å². The quantitative estimate of drug-likeness (QED) is 0.574. The first-order valence-corrected chi connectivity index (χ1v) is 11.4. The monoisotopic (exact) mass is 454 g/mol. The highest BCUT2D eigenvalue weighted by molar-refractivity contribution is 7.82. The van der Waals surface area contributed by atoms with Gasteiger partial charge in [-0.25, -0.2) is 4.21 Å². The molecular weight excluding hydrogens is 432 g/mol. The number of nitrogens with zero attached hydrogens (tertiary/aromatic N) is 1. The van der Waals surface area contributed by atoms with Crippen LogP contribution in [0.3, 0.4) is 0 Å². The third-order valence-electron chi connectivity index (χ3n) is 5.38. The van der Waals surface area contributed by atoms with Crippen molar-refractivity contribution in [1.29, 1.82) is 0 Å². The maximum Gasteiger partial charge on any atom is 0.324 e. The van der Waals surface area contributed by atoms with Crippen molar-refractivity contribution in [3.63, 3.8) is 0 Å². The fourth-order valence-electron chi connectivity index (χ4n) is 3.82. The van der Waals surface area contributed by atoms with E-state index in [1.165, 1.54) is 7.11 Å². The predicted molar refractivity (Wildman–Crippen MR) is 122 cm³/mol. The molecule has 3 aromatic carbocycles. The summed E-state index contributed by atoms with van der Waals surface area (Å²) in [4.78, 5) is 13.4. The zero-order chi connectivity index (χ0) is 22.0. The summed E-state index contributed by atoms with van der Waals surface area (Å²) in [5.41, 5.74) is 2.82. The number of rotatable bonds is 5. The summed E-state index contributed by atoms with van der Waals surface area (Å²) in [7, 11) is -0.181. The molecule has 31 heavy (non-hydrogen) atoms. The second kappa shape index (κ2) is 9.32. The Kier molecular flexibility index (Phi) is 6.53. The number of carbonyl (C=O) groups is 1. The van der Waals surface area contributed by atoms with E-state index < -0.39 is 35.2 Å². The molecule has 4 atom stereocenters. The van der Waals surface area contributed by atoms with Gasteiger partial charge < -0.3 is 4.74 Å². The van der Waals surface area contributed by atoms with Crippen LogP contribution in [0.15, 0.2) is 83.8 Å². The number of esters is 1. The van der Waals surface area contributed by atoms with Gasteiger partial charge >= 0.3 is 5.97 Å². The number of carbonyl (C=O) groups excluding carboxylic acids is 1. The molecule has 3 aromatic rings. The lowest BCUT2D eigenvalue weighted by Crippen LogP contribution is -2.37. The van der Waals surface area contributed by atoms with Crippen molar-refractivity contribution in [1.82, 2.24) is 9.62 Å². The molecule has 0 aromatic heterocycles. The summed E-state index contributed by atoms with van der Waals surface area (Å²) in [5.74, 6) is -0.413. The summed E-state index contributed by atoms with van der Waals surface area (Å²) >= 11 is 6.10. The van der Waals surface area contributed by atoms with Gasteiger partial charge in [-0.05, 0) is 42.3 Å². The number of hydrogen-bond acceptors (Lipinski definition) is 4. The number of halogens is 1. The van der Waals surface area contributed by atoms with E-state index >= 15 is 0 Å². The molecule has 1 unspecified atom stereocenters. The van der Waals surface area contributed by atoms with Crippen LogP contribution in [-0.2, 0) is 20.5 Å². The number of aryl methyl sites for hydroxylation is 1. The highest BCUT2D eigenvalue weighted by atomic mass is 35.5. The SMILES string of the molecule is COC(=O)[C@H]1N[C@H](c2ccccc2)N(S(=O)c2ccc(C)cc2)[C@@H]1c1ccc(Cl)cc1. The molecule has 0 radical (unpaired) electrons. The summed E-state index contributed by atoms with van der Waals surface area (Å²) in [5, 5.41) is 3.95. The number of benzene rings is 3. The van der Waals surface area contributed by atoms with E-state index in [2.05, 4.69) is 5.32 Å². The molecule has 7 heteroatoms. The van der Waals surface area contributed by atoms with Crippen molar-refractivity contribution in [3.8, 4) is 0 Å². The Balaban J connectivity index is 1.85. The first kappa shape index (κ1) is 21.7. The van der Waals surface area contributed by atoms with Crippen LogP contribution in [-0.4, -0.2) is 27.6 Å². The maximum absolute atomic E-state index is 13.9. The Labute approximate surface area is 189 Å². The average Bonchev–Trinajstić information content (AvgIpc) is 3.20. The van der Waals surface area contributed by atoms with Crippen LogP contribution in [0.5, 0.6) is 0 Å². The first-order valence-electron chi connectivity index (χ1n) is 9.91. The minimum Gasteiger partial charge on any atom is -0.468 e. The summed E-state index contributed by atoms with van der Waals surface area (Å²) in [6.45, 7) is 1.99.